The summed E-state index contributed by atoms with van der Waals surface area (Å²) in [5.41, 5.74) is 3.76. The molecule has 33 heavy (non-hydrogen) atoms. The predicted molar refractivity (Wildman–Crippen MR) is 131 cm³/mol. The molecule has 2 N–H and O–H groups in total. The predicted octanol–water partition coefficient (Wildman–Crippen LogP) is 3.38. The van der Waals surface area contributed by atoms with E-state index in [0.29, 0.717) is 37.0 Å². The first kappa shape index (κ1) is 23.7. The van der Waals surface area contributed by atoms with E-state index in [-0.39, 0.29) is 11.5 Å². The summed E-state index contributed by atoms with van der Waals surface area (Å²) in [5.74, 6) is 0.384. The Hall–Kier alpha value is -3.91. The lowest BCUT2D eigenvalue weighted by Crippen LogP contribution is -2.27. The number of hydrogen-bond acceptors (Lipinski definition) is 6. The van der Waals surface area contributed by atoms with Crippen LogP contribution in [-0.4, -0.2) is 47.8 Å². The molecule has 1 amide bonds. The number of aromatic nitrogens is 2. The summed E-state index contributed by atoms with van der Waals surface area (Å²) in [6.07, 6.45) is 0. The SMILES string of the molecule is C=C(Nc1cccc(Cn2nc(-c3ccc(NC(=O)CN(C)C)cc3)ccc2=O)c1)OCC. The van der Waals surface area contributed by atoms with Crippen molar-refractivity contribution in [2.24, 2.45) is 0 Å². The summed E-state index contributed by atoms with van der Waals surface area (Å²) in [5, 5.41) is 10.5. The van der Waals surface area contributed by atoms with E-state index in [1.54, 1.807) is 11.0 Å². The van der Waals surface area contributed by atoms with Gasteiger partial charge in [0.05, 0.1) is 25.4 Å². The minimum Gasteiger partial charge on any atom is -0.480 e. The molecule has 1 heterocycles. The number of carbonyl (C=O) groups is 1. The average molecular weight is 448 g/mol. The summed E-state index contributed by atoms with van der Waals surface area (Å²) in [6, 6.07) is 18.2. The molecule has 0 spiro atoms. The lowest BCUT2D eigenvalue weighted by atomic mass is 10.1. The van der Waals surface area contributed by atoms with E-state index in [2.05, 4.69) is 22.3 Å². The van der Waals surface area contributed by atoms with Crippen LogP contribution in [0.2, 0.25) is 0 Å². The van der Waals surface area contributed by atoms with E-state index in [0.717, 1.165) is 16.8 Å². The normalized spacial score (nSPS) is 10.7. The molecule has 0 saturated heterocycles. The smallest absolute Gasteiger partial charge is 0.267 e. The molecule has 0 saturated carbocycles. The molecule has 172 valence electrons. The lowest BCUT2D eigenvalue weighted by Gasteiger charge is -2.12. The molecular weight excluding hydrogens is 418 g/mol. The summed E-state index contributed by atoms with van der Waals surface area (Å²) in [6.45, 7) is 6.87. The van der Waals surface area contributed by atoms with E-state index in [4.69, 9.17) is 4.74 Å². The standard InChI is InChI=1S/C25H29N5O3/c1-5-33-18(2)26-22-8-6-7-19(15-22)16-30-25(32)14-13-23(28-30)20-9-11-21(12-10-20)27-24(31)17-29(3)4/h6-15,26H,2,5,16-17H2,1,3-4H3,(H,27,31). The quantitative estimate of drug-likeness (QED) is 0.463. The topological polar surface area (TPSA) is 88.5 Å². The van der Waals surface area contributed by atoms with Crippen molar-refractivity contribution in [3.8, 4) is 11.3 Å². The molecular formula is C25H29N5O3. The number of nitrogens with one attached hydrogen (secondary N) is 2. The molecule has 0 unspecified atom stereocenters. The molecule has 0 aliphatic heterocycles. The first-order valence-electron chi connectivity index (χ1n) is 10.6. The van der Waals surface area contributed by atoms with Gasteiger partial charge in [0, 0.05) is 23.0 Å². The highest BCUT2D eigenvalue weighted by Gasteiger charge is 2.07. The maximum atomic E-state index is 12.4. The number of rotatable bonds is 10. The average Bonchev–Trinajstić information content (AvgIpc) is 2.76. The second-order valence-electron chi connectivity index (χ2n) is 7.76. The minimum atomic E-state index is -0.191. The summed E-state index contributed by atoms with van der Waals surface area (Å²) in [7, 11) is 3.68. The zero-order valence-corrected chi connectivity index (χ0v) is 19.2. The number of carbonyl (C=O) groups excluding carboxylic acids is 1. The summed E-state index contributed by atoms with van der Waals surface area (Å²) >= 11 is 0. The van der Waals surface area contributed by atoms with Crippen LogP contribution in [0.1, 0.15) is 12.5 Å². The molecule has 1 aromatic heterocycles. The van der Waals surface area contributed by atoms with Crippen molar-refractivity contribution in [3.63, 3.8) is 0 Å². The molecule has 3 rings (SSSR count). The van der Waals surface area contributed by atoms with E-state index < -0.39 is 0 Å². The molecule has 8 heteroatoms. The molecule has 3 aromatic rings. The summed E-state index contributed by atoms with van der Waals surface area (Å²) in [4.78, 5) is 26.2. The van der Waals surface area contributed by atoms with Gasteiger partial charge in [-0.25, -0.2) is 4.68 Å². The van der Waals surface area contributed by atoms with Gasteiger partial charge in [0.25, 0.3) is 5.56 Å². The first-order chi connectivity index (χ1) is 15.8. The van der Waals surface area contributed by atoms with Gasteiger partial charge in [0.15, 0.2) is 5.88 Å². The fourth-order valence-electron chi connectivity index (χ4n) is 3.22. The van der Waals surface area contributed by atoms with Crippen molar-refractivity contribution in [3.05, 3.63) is 89.0 Å². The van der Waals surface area contributed by atoms with Gasteiger partial charge in [0.1, 0.15) is 0 Å². The molecule has 0 bridgehead atoms. The van der Waals surface area contributed by atoms with E-state index in [1.165, 1.54) is 10.7 Å². The third kappa shape index (κ3) is 7.05. The number of likely N-dealkylation sites (N-methyl/N-ethyl adjacent to an activating group) is 1. The number of anilines is 2. The monoisotopic (exact) mass is 447 g/mol. The zero-order valence-electron chi connectivity index (χ0n) is 19.2. The highest BCUT2D eigenvalue weighted by atomic mass is 16.5. The van der Waals surface area contributed by atoms with E-state index in [9.17, 15) is 9.59 Å². The number of amides is 1. The summed E-state index contributed by atoms with van der Waals surface area (Å²) < 4.78 is 6.76. The number of ether oxygens (including phenoxy) is 1. The fourth-order valence-corrected chi connectivity index (χ4v) is 3.22. The third-order valence-corrected chi connectivity index (χ3v) is 4.65. The maximum absolute atomic E-state index is 12.4. The van der Waals surface area contributed by atoms with Crippen LogP contribution in [0.5, 0.6) is 0 Å². The second kappa shape index (κ2) is 11.1. The number of nitrogens with zero attached hydrogens (tertiary/aromatic N) is 3. The van der Waals surface area contributed by atoms with E-state index >= 15 is 0 Å². The van der Waals surface area contributed by atoms with Crippen LogP contribution in [0.4, 0.5) is 11.4 Å². The minimum absolute atomic E-state index is 0.0824. The molecule has 0 aliphatic carbocycles. The van der Waals surface area contributed by atoms with Crippen molar-refractivity contribution >= 4 is 17.3 Å². The Morgan fingerprint density at radius 2 is 1.82 bits per heavy atom. The largest absolute Gasteiger partial charge is 0.480 e. The van der Waals surface area contributed by atoms with Crippen LogP contribution in [0.15, 0.2) is 77.9 Å². The first-order valence-corrected chi connectivity index (χ1v) is 10.6. The Morgan fingerprint density at radius 3 is 2.52 bits per heavy atom. The second-order valence-corrected chi connectivity index (χ2v) is 7.76. The maximum Gasteiger partial charge on any atom is 0.267 e. The Morgan fingerprint density at radius 1 is 1.06 bits per heavy atom. The van der Waals surface area contributed by atoms with Gasteiger partial charge in [-0.1, -0.05) is 24.3 Å². The number of benzene rings is 2. The van der Waals surface area contributed by atoms with Gasteiger partial charge in [-0.2, -0.15) is 5.10 Å². The van der Waals surface area contributed by atoms with Crippen molar-refractivity contribution in [2.45, 2.75) is 13.5 Å². The van der Waals surface area contributed by atoms with Crippen molar-refractivity contribution in [2.75, 3.05) is 37.9 Å². The zero-order chi connectivity index (χ0) is 23.8. The van der Waals surface area contributed by atoms with E-state index in [1.807, 2.05) is 69.6 Å². The van der Waals surface area contributed by atoms with Gasteiger partial charge in [-0.15, -0.1) is 0 Å². The Kier molecular flexibility index (Phi) is 7.99. The highest BCUT2D eigenvalue weighted by Crippen LogP contribution is 2.19. The van der Waals surface area contributed by atoms with Crippen LogP contribution >= 0.6 is 0 Å². The van der Waals surface area contributed by atoms with Crippen molar-refractivity contribution in [1.29, 1.82) is 0 Å². The molecule has 2 aromatic carbocycles. The van der Waals surface area contributed by atoms with Crippen LogP contribution in [0, 0.1) is 0 Å². The highest BCUT2D eigenvalue weighted by molar-refractivity contribution is 5.92. The Balaban J connectivity index is 1.74. The number of hydrogen-bond donors (Lipinski definition) is 2. The third-order valence-electron chi connectivity index (χ3n) is 4.65. The van der Waals surface area contributed by atoms with Gasteiger partial charge >= 0.3 is 0 Å². The fraction of sp³-hybridized carbons (Fsp3) is 0.240. The molecule has 0 atom stereocenters. The van der Waals surface area contributed by atoms with Crippen LogP contribution in [0.25, 0.3) is 11.3 Å². The lowest BCUT2D eigenvalue weighted by molar-refractivity contribution is -0.116. The van der Waals surface area contributed by atoms with Gasteiger partial charge in [0.2, 0.25) is 5.91 Å². The molecule has 0 fully saturated rings. The van der Waals surface area contributed by atoms with Gasteiger partial charge in [-0.05, 0) is 63.5 Å². The Bertz CT molecular complexity index is 1170. The van der Waals surface area contributed by atoms with Crippen molar-refractivity contribution < 1.29 is 9.53 Å². The van der Waals surface area contributed by atoms with Crippen LogP contribution in [0.3, 0.4) is 0 Å². The van der Waals surface area contributed by atoms with Crippen LogP contribution in [-0.2, 0) is 16.1 Å². The Labute approximate surface area is 193 Å². The van der Waals surface area contributed by atoms with Crippen LogP contribution < -0.4 is 16.2 Å². The molecule has 8 nitrogen and oxygen atoms in total. The van der Waals surface area contributed by atoms with Crippen molar-refractivity contribution in [1.82, 2.24) is 14.7 Å². The molecule has 0 radical (unpaired) electrons. The van der Waals surface area contributed by atoms with Gasteiger partial charge < -0.3 is 20.3 Å². The van der Waals surface area contributed by atoms with Gasteiger partial charge in [-0.3, -0.25) is 9.59 Å². The molecule has 0 aliphatic rings.